The minimum Gasteiger partial charge on any atom is -0.497 e. The highest BCUT2D eigenvalue weighted by atomic mass is 16.5. The molecule has 1 aromatic heterocycles. The van der Waals surface area contributed by atoms with Crippen molar-refractivity contribution < 1.29 is 14.3 Å². The Hall–Kier alpha value is -4.46. The van der Waals surface area contributed by atoms with Gasteiger partial charge in [0.2, 0.25) is 11.8 Å². The van der Waals surface area contributed by atoms with Gasteiger partial charge in [-0.1, -0.05) is 59.8 Å². The van der Waals surface area contributed by atoms with Crippen LogP contribution in [0.4, 0.5) is 5.69 Å². The lowest BCUT2D eigenvalue weighted by atomic mass is 9.85. The van der Waals surface area contributed by atoms with Crippen LogP contribution in [-0.2, 0) is 22.7 Å². The highest BCUT2D eigenvalue weighted by Crippen LogP contribution is 2.28. The number of benzene rings is 3. The summed E-state index contributed by atoms with van der Waals surface area (Å²) in [4.78, 5) is 29.6. The van der Waals surface area contributed by atoms with Crippen molar-refractivity contribution in [3.63, 3.8) is 0 Å². The Kier molecular flexibility index (Phi) is 7.78. The molecule has 0 saturated heterocycles. The molecule has 8 heteroatoms. The average Bonchev–Trinajstić information content (AvgIpc) is 3.37. The molecule has 2 unspecified atom stereocenters. The van der Waals surface area contributed by atoms with Gasteiger partial charge in [-0.2, -0.15) is 0 Å². The van der Waals surface area contributed by atoms with Gasteiger partial charge in [-0.25, -0.2) is 4.68 Å². The number of hydrogen-bond acceptors (Lipinski definition) is 5. The number of methoxy groups -OCH3 is 1. The number of allylic oxidation sites excluding steroid dienone is 2. The number of aromatic nitrogens is 3. The number of ether oxygens (including phenoxy) is 1. The average molecular weight is 510 g/mol. The molecule has 8 nitrogen and oxygen atoms in total. The molecule has 0 spiro atoms. The number of carbonyl (C=O) groups excluding carboxylic acids is 2. The van der Waals surface area contributed by atoms with E-state index in [1.807, 2.05) is 54.6 Å². The van der Waals surface area contributed by atoms with E-state index in [0.29, 0.717) is 18.0 Å². The first kappa shape index (κ1) is 25.2. The molecule has 1 heterocycles. The van der Waals surface area contributed by atoms with Crippen LogP contribution in [0.1, 0.15) is 24.8 Å². The summed E-state index contributed by atoms with van der Waals surface area (Å²) >= 11 is 0. The number of carbonyl (C=O) groups is 2. The Morgan fingerprint density at radius 3 is 2.53 bits per heavy atom. The molecule has 0 aliphatic heterocycles. The van der Waals surface area contributed by atoms with Crippen LogP contribution in [0, 0.1) is 5.92 Å². The van der Waals surface area contributed by atoms with Crippen LogP contribution in [-0.4, -0.2) is 44.9 Å². The summed E-state index contributed by atoms with van der Waals surface area (Å²) < 4.78 is 6.85. The van der Waals surface area contributed by atoms with Crippen molar-refractivity contribution in [2.24, 2.45) is 5.92 Å². The molecule has 194 valence electrons. The summed E-state index contributed by atoms with van der Waals surface area (Å²) in [6, 6.07) is 23.9. The summed E-state index contributed by atoms with van der Waals surface area (Å²) in [7, 11) is 1.60. The SMILES string of the molecule is COc1ccc(NC(=O)C(C2CC=CCC2)N(Cc2ccccc2)C(=O)Cn2nnc3ccccc32)cc1. The van der Waals surface area contributed by atoms with Gasteiger partial charge < -0.3 is 15.0 Å². The zero-order chi connectivity index (χ0) is 26.3. The molecule has 1 aliphatic carbocycles. The van der Waals surface area contributed by atoms with Crippen molar-refractivity contribution in [3.8, 4) is 5.75 Å². The third-order valence-electron chi connectivity index (χ3n) is 6.94. The molecule has 0 saturated carbocycles. The third-order valence-corrected chi connectivity index (χ3v) is 6.94. The monoisotopic (exact) mass is 509 g/mol. The minimum atomic E-state index is -0.662. The molecule has 0 bridgehead atoms. The first-order chi connectivity index (χ1) is 18.6. The van der Waals surface area contributed by atoms with Gasteiger partial charge in [0.05, 0.1) is 12.6 Å². The van der Waals surface area contributed by atoms with E-state index in [2.05, 4.69) is 27.8 Å². The summed E-state index contributed by atoms with van der Waals surface area (Å²) in [5, 5.41) is 11.5. The smallest absolute Gasteiger partial charge is 0.247 e. The lowest BCUT2D eigenvalue weighted by molar-refractivity contribution is -0.142. The van der Waals surface area contributed by atoms with E-state index in [4.69, 9.17) is 4.74 Å². The Bertz CT molecular complexity index is 1410. The van der Waals surface area contributed by atoms with Crippen LogP contribution in [0.5, 0.6) is 5.75 Å². The maximum absolute atomic E-state index is 14.0. The highest BCUT2D eigenvalue weighted by molar-refractivity contribution is 5.97. The molecule has 3 aromatic carbocycles. The number of amides is 2. The Morgan fingerprint density at radius 1 is 1.03 bits per heavy atom. The van der Waals surface area contributed by atoms with Crippen molar-refractivity contribution >= 4 is 28.5 Å². The van der Waals surface area contributed by atoms with Gasteiger partial charge in [0.15, 0.2) is 0 Å². The van der Waals surface area contributed by atoms with E-state index in [0.717, 1.165) is 35.9 Å². The molecular formula is C30H31N5O3. The van der Waals surface area contributed by atoms with Crippen molar-refractivity contribution in [1.29, 1.82) is 0 Å². The lowest BCUT2D eigenvalue weighted by Gasteiger charge is -2.37. The van der Waals surface area contributed by atoms with E-state index in [1.165, 1.54) is 0 Å². The van der Waals surface area contributed by atoms with Crippen LogP contribution >= 0.6 is 0 Å². The first-order valence-electron chi connectivity index (χ1n) is 12.8. The molecule has 5 rings (SSSR count). The second-order valence-corrected chi connectivity index (χ2v) is 9.45. The fourth-order valence-corrected chi connectivity index (χ4v) is 4.98. The number of hydrogen-bond donors (Lipinski definition) is 1. The molecule has 0 fully saturated rings. The first-order valence-corrected chi connectivity index (χ1v) is 12.8. The Labute approximate surface area is 221 Å². The second-order valence-electron chi connectivity index (χ2n) is 9.45. The lowest BCUT2D eigenvalue weighted by Crippen LogP contribution is -2.52. The van der Waals surface area contributed by atoms with Crippen LogP contribution in [0.2, 0.25) is 0 Å². The van der Waals surface area contributed by atoms with Gasteiger partial charge in [-0.3, -0.25) is 9.59 Å². The van der Waals surface area contributed by atoms with Crippen LogP contribution < -0.4 is 10.1 Å². The molecule has 0 radical (unpaired) electrons. The van der Waals surface area contributed by atoms with Gasteiger partial charge >= 0.3 is 0 Å². The third kappa shape index (κ3) is 5.75. The number of nitrogens with one attached hydrogen (secondary N) is 1. The predicted molar refractivity (Wildman–Crippen MR) is 146 cm³/mol. The van der Waals surface area contributed by atoms with Crippen LogP contribution in [0.15, 0.2) is 91.0 Å². The summed E-state index contributed by atoms with van der Waals surface area (Å²) in [5.41, 5.74) is 3.11. The number of rotatable bonds is 9. The molecule has 1 N–H and O–H groups in total. The van der Waals surface area contributed by atoms with Crippen molar-refractivity contribution in [2.45, 2.75) is 38.4 Å². The maximum Gasteiger partial charge on any atom is 0.247 e. The van der Waals surface area contributed by atoms with E-state index in [1.54, 1.807) is 41.0 Å². The largest absolute Gasteiger partial charge is 0.497 e. The number of fused-ring (bicyclic) bond motifs is 1. The fourth-order valence-electron chi connectivity index (χ4n) is 4.98. The zero-order valence-corrected chi connectivity index (χ0v) is 21.4. The summed E-state index contributed by atoms with van der Waals surface area (Å²) in [6.07, 6.45) is 6.67. The normalized spacial score (nSPS) is 15.7. The zero-order valence-electron chi connectivity index (χ0n) is 21.4. The number of para-hydroxylation sites is 1. The van der Waals surface area contributed by atoms with E-state index in [9.17, 15) is 9.59 Å². The van der Waals surface area contributed by atoms with Gasteiger partial charge in [0.25, 0.3) is 0 Å². The van der Waals surface area contributed by atoms with E-state index < -0.39 is 6.04 Å². The Balaban J connectivity index is 1.48. The molecule has 1 aliphatic rings. The fraction of sp³-hybridized carbons (Fsp3) is 0.267. The molecule has 38 heavy (non-hydrogen) atoms. The minimum absolute atomic E-state index is 0.0117. The van der Waals surface area contributed by atoms with Crippen molar-refractivity contribution in [3.05, 3.63) is 96.6 Å². The van der Waals surface area contributed by atoms with E-state index in [-0.39, 0.29) is 24.3 Å². The summed E-state index contributed by atoms with van der Waals surface area (Å²) in [6.45, 7) is 0.301. The number of anilines is 1. The van der Waals surface area contributed by atoms with Gasteiger partial charge in [0.1, 0.15) is 23.9 Å². The van der Waals surface area contributed by atoms with Gasteiger partial charge in [-0.15, -0.1) is 5.10 Å². The topological polar surface area (TPSA) is 89.4 Å². The van der Waals surface area contributed by atoms with Crippen molar-refractivity contribution in [1.82, 2.24) is 19.9 Å². The number of nitrogens with zero attached hydrogens (tertiary/aromatic N) is 4. The van der Waals surface area contributed by atoms with Crippen molar-refractivity contribution in [2.75, 3.05) is 12.4 Å². The maximum atomic E-state index is 14.0. The van der Waals surface area contributed by atoms with E-state index >= 15 is 0 Å². The van der Waals surface area contributed by atoms with Gasteiger partial charge in [0, 0.05) is 12.2 Å². The van der Waals surface area contributed by atoms with Crippen LogP contribution in [0.25, 0.3) is 11.0 Å². The predicted octanol–water partition coefficient (Wildman–Crippen LogP) is 4.83. The Morgan fingerprint density at radius 2 is 1.79 bits per heavy atom. The molecule has 2 atom stereocenters. The highest BCUT2D eigenvalue weighted by Gasteiger charge is 2.37. The second kappa shape index (κ2) is 11.7. The summed E-state index contributed by atoms with van der Waals surface area (Å²) in [5.74, 6) is 0.299. The molecule has 4 aromatic rings. The quantitative estimate of drug-likeness (QED) is 0.327. The van der Waals surface area contributed by atoms with Gasteiger partial charge in [-0.05, 0) is 67.1 Å². The standard InChI is InChI=1S/C30H31N5O3/c1-38-25-18-16-24(17-19-25)31-30(37)29(23-12-6-3-7-13-23)34(20-22-10-4-2-5-11-22)28(36)21-35-27-15-9-8-14-26(27)32-33-35/h2-6,8-11,14-19,23,29H,7,12-13,20-21H2,1H3,(H,31,37). The molecular weight excluding hydrogens is 478 g/mol. The molecule has 2 amide bonds. The van der Waals surface area contributed by atoms with Crippen LogP contribution in [0.3, 0.4) is 0 Å².